The summed E-state index contributed by atoms with van der Waals surface area (Å²) in [7, 11) is -1.66. The van der Waals surface area contributed by atoms with Gasteiger partial charge in [0, 0.05) is 39.2 Å². The molecular weight excluding hydrogens is 521 g/mol. The molecule has 1 aliphatic carbocycles. The number of hydrogen-bond donors (Lipinski definition) is 4. The summed E-state index contributed by atoms with van der Waals surface area (Å²) in [5.74, 6) is -1.23. The second kappa shape index (κ2) is 11.1. The lowest BCUT2D eigenvalue weighted by atomic mass is 9.80. The highest BCUT2D eigenvalue weighted by Gasteiger charge is 2.24. The summed E-state index contributed by atoms with van der Waals surface area (Å²) in [5, 5.41) is 33.5. The van der Waals surface area contributed by atoms with Crippen molar-refractivity contribution in [2.75, 3.05) is 5.32 Å². The van der Waals surface area contributed by atoms with Crippen LogP contribution in [-0.4, -0.2) is 34.1 Å². The number of anilines is 1. The molecule has 9 heteroatoms. The normalized spacial score (nSPS) is 12.1. The Balaban J connectivity index is 1.70. The standard InChI is InChI=1S/C32H24BNO7/c1-3-6-25(23(4-2)32(37)38)29-26-14-11-22(35)17-28(26)41-30-24-12-10-19(15-18(24)9-13-27(29)30)31(36)34-21-8-5-7-20(16-21)33(39)40/h3-17,39-40H,1H2,2H3,(H,34,36)(H,37,38)/b23-4+,25-6+. The summed E-state index contributed by atoms with van der Waals surface area (Å²) < 4.78 is 6.25. The van der Waals surface area contributed by atoms with E-state index >= 15 is 0 Å². The SMILES string of the molecule is C=C/C=C(\C(=C/C)C(=O)O)c1c2ccc(=O)cc-2oc2c1ccc1cc(C(=O)Nc3cccc(B(O)O)c3)ccc12. The van der Waals surface area contributed by atoms with Crippen LogP contribution in [0.3, 0.4) is 0 Å². The lowest BCUT2D eigenvalue weighted by Gasteiger charge is -2.19. The second-order valence-corrected chi connectivity index (χ2v) is 9.29. The van der Waals surface area contributed by atoms with Gasteiger partial charge in [0.1, 0.15) is 11.3 Å². The summed E-state index contributed by atoms with van der Waals surface area (Å²) in [6.07, 6.45) is 4.63. The minimum atomic E-state index is -1.66. The van der Waals surface area contributed by atoms with Gasteiger partial charge in [0.2, 0.25) is 0 Å². The number of amides is 1. The number of allylic oxidation sites excluding steroid dienone is 3. The van der Waals surface area contributed by atoms with Crippen LogP contribution < -0.4 is 16.2 Å². The van der Waals surface area contributed by atoms with Gasteiger partial charge in [-0.3, -0.25) is 9.59 Å². The fraction of sp³-hybridized carbons (Fsp3) is 0.0312. The van der Waals surface area contributed by atoms with Gasteiger partial charge in [-0.2, -0.15) is 0 Å². The van der Waals surface area contributed by atoms with Crippen molar-refractivity contribution in [2.24, 2.45) is 0 Å². The molecule has 0 bridgehead atoms. The number of rotatable bonds is 7. The molecule has 0 saturated carbocycles. The van der Waals surface area contributed by atoms with Crippen LogP contribution >= 0.6 is 0 Å². The smallest absolute Gasteiger partial charge is 0.478 e. The first kappa shape index (κ1) is 27.3. The lowest BCUT2D eigenvalue weighted by molar-refractivity contribution is -0.132. The van der Waals surface area contributed by atoms with Gasteiger partial charge in [-0.05, 0) is 71.9 Å². The van der Waals surface area contributed by atoms with Crippen LogP contribution in [0.25, 0.3) is 38.6 Å². The Hall–Kier alpha value is -5.25. The molecule has 1 heterocycles. The first-order chi connectivity index (χ1) is 19.7. The van der Waals surface area contributed by atoms with Crippen LogP contribution in [0.2, 0.25) is 0 Å². The highest BCUT2D eigenvalue weighted by atomic mass is 16.4. The first-order valence-corrected chi connectivity index (χ1v) is 12.7. The average Bonchev–Trinajstić information content (AvgIpc) is 2.95. The summed E-state index contributed by atoms with van der Waals surface area (Å²) in [6.45, 7) is 5.40. The lowest BCUT2D eigenvalue weighted by Crippen LogP contribution is -2.30. The molecule has 1 amide bonds. The molecule has 3 aromatic carbocycles. The molecule has 0 atom stereocenters. The number of hydrogen-bond acceptors (Lipinski definition) is 6. The van der Waals surface area contributed by atoms with E-state index in [1.165, 1.54) is 36.4 Å². The maximum atomic E-state index is 13.0. The van der Waals surface area contributed by atoms with Gasteiger partial charge in [0.05, 0.1) is 5.57 Å². The highest BCUT2D eigenvalue weighted by molar-refractivity contribution is 6.58. The minimum Gasteiger partial charge on any atom is -0.478 e. The van der Waals surface area contributed by atoms with E-state index in [-0.39, 0.29) is 22.2 Å². The van der Waals surface area contributed by atoms with Gasteiger partial charge in [0.15, 0.2) is 5.43 Å². The number of carbonyl (C=O) groups excluding carboxylic acids is 1. The molecular formula is C32H24BNO7. The zero-order valence-corrected chi connectivity index (χ0v) is 21.9. The maximum absolute atomic E-state index is 13.0. The first-order valence-electron chi connectivity index (χ1n) is 12.7. The van der Waals surface area contributed by atoms with Crippen molar-refractivity contribution in [3.63, 3.8) is 0 Å². The third-order valence-corrected chi connectivity index (χ3v) is 6.74. The second-order valence-electron chi connectivity index (χ2n) is 9.29. The topological polar surface area (TPSA) is 137 Å². The molecule has 3 aromatic rings. The van der Waals surface area contributed by atoms with E-state index in [0.717, 1.165) is 0 Å². The molecule has 8 nitrogen and oxygen atoms in total. The highest BCUT2D eigenvalue weighted by Crippen LogP contribution is 2.42. The van der Waals surface area contributed by atoms with Gasteiger partial charge in [-0.25, -0.2) is 4.79 Å². The van der Waals surface area contributed by atoms with Crippen LogP contribution in [0.1, 0.15) is 22.8 Å². The molecule has 0 saturated heterocycles. The zero-order chi connectivity index (χ0) is 29.3. The number of benzene rings is 4. The third kappa shape index (κ3) is 5.19. The monoisotopic (exact) mass is 545 g/mol. The van der Waals surface area contributed by atoms with E-state index in [2.05, 4.69) is 11.9 Å². The molecule has 1 aliphatic heterocycles. The predicted octanol–water partition coefficient (Wildman–Crippen LogP) is 4.58. The summed E-state index contributed by atoms with van der Waals surface area (Å²) in [6, 6.07) is 19.3. The van der Waals surface area contributed by atoms with Crippen LogP contribution in [0, 0.1) is 0 Å². The number of fused-ring (bicyclic) bond motifs is 4. The molecule has 5 rings (SSSR count). The Morgan fingerprint density at radius 3 is 2.46 bits per heavy atom. The van der Waals surface area contributed by atoms with Gasteiger partial charge in [-0.15, -0.1) is 0 Å². The Morgan fingerprint density at radius 1 is 0.976 bits per heavy atom. The quantitative estimate of drug-likeness (QED) is 0.0773. The molecule has 0 fully saturated rings. The van der Waals surface area contributed by atoms with Gasteiger partial charge in [0.25, 0.3) is 5.91 Å². The Labute approximate surface area is 234 Å². The van der Waals surface area contributed by atoms with Crippen molar-refractivity contribution in [1.29, 1.82) is 0 Å². The van der Waals surface area contributed by atoms with Crippen molar-refractivity contribution < 1.29 is 29.2 Å². The molecule has 41 heavy (non-hydrogen) atoms. The number of carboxylic acids is 1. The van der Waals surface area contributed by atoms with Crippen molar-refractivity contribution in [3.05, 3.63) is 125 Å². The Bertz CT molecular complexity index is 1950. The van der Waals surface area contributed by atoms with E-state index in [4.69, 9.17) is 4.42 Å². The van der Waals surface area contributed by atoms with Crippen molar-refractivity contribution in [2.45, 2.75) is 6.92 Å². The largest absolute Gasteiger partial charge is 0.488 e. The molecule has 0 spiro atoms. The van der Waals surface area contributed by atoms with Crippen LogP contribution in [0.4, 0.5) is 5.69 Å². The summed E-state index contributed by atoms with van der Waals surface area (Å²) in [5.41, 5.74) is 2.77. The van der Waals surface area contributed by atoms with Crippen LogP contribution in [-0.2, 0) is 4.79 Å². The van der Waals surface area contributed by atoms with Gasteiger partial charge >= 0.3 is 13.1 Å². The fourth-order valence-electron chi connectivity index (χ4n) is 4.89. The summed E-state index contributed by atoms with van der Waals surface area (Å²) >= 11 is 0. The number of carbonyl (C=O) groups is 2. The molecule has 0 unspecified atom stereocenters. The summed E-state index contributed by atoms with van der Waals surface area (Å²) in [4.78, 5) is 37.4. The van der Waals surface area contributed by atoms with Gasteiger partial charge in [-0.1, -0.05) is 43.0 Å². The van der Waals surface area contributed by atoms with Crippen molar-refractivity contribution in [3.8, 4) is 11.3 Å². The Morgan fingerprint density at radius 2 is 1.76 bits per heavy atom. The van der Waals surface area contributed by atoms with E-state index in [9.17, 15) is 29.5 Å². The van der Waals surface area contributed by atoms with E-state index in [1.54, 1.807) is 55.5 Å². The van der Waals surface area contributed by atoms with Crippen molar-refractivity contribution >= 4 is 57.5 Å². The molecule has 202 valence electrons. The molecule has 2 aliphatic rings. The molecule has 0 aromatic heterocycles. The average molecular weight is 545 g/mol. The number of aliphatic carboxylic acids is 1. The number of carboxylic acid groups (broad SMARTS) is 1. The van der Waals surface area contributed by atoms with E-state index in [1.807, 2.05) is 6.07 Å². The van der Waals surface area contributed by atoms with E-state index < -0.39 is 19.0 Å². The molecule has 0 radical (unpaired) electrons. The zero-order valence-electron chi connectivity index (χ0n) is 21.9. The molecule has 4 N–H and O–H groups in total. The van der Waals surface area contributed by atoms with Crippen LogP contribution in [0.5, 0.6) is 0 Å². The Kier molecular flexibility index (Phi) is 7.39. The van der Waals surface area contributed by atoms with E-state index in [0.29, 0.717) is 49.7 Å². The minimum absolute atomic E-state index is 0.0646. The predicted molar refractivity (Wildman–Crippen MR) is 160 cm³/mol. The van der Waals surface area contributed by atoms with Crippen LogP contribution in [0.15, 0.2) is 112 Å². The maximum Gasteiger partial charge on any atom is 0.488 e. The van der Waals surface area contributed by atoms with Crippen molar-refractivity contribution in [1.82, 2.24) is 0 Å². The fourth-order valence-corrected chi connectivity index (χ4v) is 4.89. The number of nitrogens with one attached hydrogen (secondary N) is 1. The third-order valence-electron chi connectivity index (χ3n) is 6.74. The van der Waals surface area contributed by atoms with Gasteiger partial charge < -0.3 is 24.9 Å².